The normalized spacial score (nSPS) is 17.3. The lowest BCUT2D eigenvalue weighted by molar-refractivity contribution is -0.136. The number of aromatic nitrogens is 2. The lowest BCUT2D eigenvalue weighted by Gasteiger charge is -2.40. The van der Waals surface area contributed by atoms with E-state index in [2.05, 4.69) is 32.9 Å². The zero-order chi connectivity index (χ0) is 23.7. The molecule has 5 rings (SSSR count). The molecule has 174 valence electrons. The Balaban J connectivity index is 1.43. The summed E-state index contributed by atoms with van der Waals surface area (Å²) in [7, 11) is 2.11. The van der Waals surface area contributed by atoms with Crippen molar-refractivity contribution in [3.63, 3.8) is 0 Å². The van der Waals surface area contributed by atoms with Gasteiger partial charge in [-0.3, -0.25) is 14.7 Å². The summed E-state index contributed by atoms with van der Waals surface area (Å²) in [6.07, 6.45) is 3.62. The van der Waals surface area contributed by atoms with Crippen LogP contribution in [-0.4, -0.2) is 57.5 Å². The van der Waals surface area contributed by atoms with Crippen molar-refractivity contribution in [3.8, 4) is 11.1 Å². The van der Waals surface area contributed by atoms with Gasteiger partial charge in [-0.15, -0.1) is 0 Å². The van der Waals surface area contributed by atoms with Gasteiger partial charge in [-0.05, 0) is 60.1 Å². The molecule has 7 heteroatoms. The number of likely N-dealkylation sites (N-methyl/N-ethyl adjacent to an activating group) is 1. The molecule has 0 amide bonds. The SMILES string of the molecule is CN1CCN(Cc2cc(-c3ccc4[nH]c(CC(=O)O)cc4c3)ccc2F)C(c2cccnc2)C1. The highest BCUT2D eigenvalue weighted by Gasteiger charge is 2.27. The van der Waals surface area contributed by atoms with Crippen molar-refractivity contribution >= 4 is 16.9 Å². The van der Waals surface area contributed by atoms with Gasteiger partial charge in [0.05, 0.1) is 6.42 Å². The number of carboxylic acids is 1. The predicted molar refractivity (Wildman–Crippen MR) is 130 cm³/mol. The van der Waals surface area contributed by atoms with E-state index in [1.54, 1.807) is 12.3 Å². The minimum absolute atomic E-state index is 0.0478. The number of nitrogens with one attached hydrogen (secondary N) is 1. The van der Waals surface area contributed by atoms with Crippen molar-refractivity contribution in [2.75, 3.05) is 26.7 Å². The number of benzene rings is 2. The molecule has 2 N–H and O–H groups in total. The number of carbonyl (C=O) groups is 1. The summed E-state index contributed by atoms with van der Waals surface area (Å²) in [6.45, 7) is 3.17. The number of piperazine rings is 1. The summed E-state index contributed by atoms with van der Waals surface area (Å²) < 4.78 is 14.9. The summed E-state index contributed by atoms with van der Waals surface area (Å²) in [5.41, 5.74) is 5.26. The monoisotopic (exact) mass is 458 g/mol. The van der Waals surface area contributed by atoms with Gasteiger partial charge in [0.1, 0.15) is 5.82 Å². The summed E-state index contributed by atoms with van der Waals surface area (Å²) in [5, 5.41) is 10.00. The summed E-state index contributed by atoms with van der Waals surface area (Å²) in [6, 6.07) is 17.3. The number of fused-ring (bicyclic) bond motifs is 1. The Hall–Kier alpha value is -3.55. The van der Waals surface area contributed by atoms with Crippen LogP contribution in [0.2, 0.25) is 0 Å². The zero-order valence-corrected chi connectivity index (χ0v) is 19.0. The molecule has 1 aliphatic rings. The highest BCUT2D eigenvalue weighted by atomic mass is 19.1. The second-order valence-corrected chi connectivity index (χ2v) is 9.01. The van der Waals surface area contributed by atoms with Crippen molar-refractivity contribution in [1.82, 2.24) is 19.8 Å². The quantitative estimate of drug-likeness (QED) is 0.446. The topological polar surface area (TPSA) is 72.5 Å². The van der Waals surface area contributed by atoms with Crippen LogP contribution >= 0.6 is 0 Å². The number of aliphatic carboxylic acids is 1. The first kappa shape index (κ1) is 22.3. The second kappa shape index (κ2) is 9.37. The average molecular weight is 459 g/mol. The largest absolute Gasteiger partial charge is 0.481 e. The lowest BCUT2D eigenvalue weighted by Crippen LogP contribution is -2.46. The Morgan fingerprint density at radius 3 is 2.76 bits per heavy atom. The van der Waals surface area contributed by atoms with Crippen molar-refractivity contribution in [3.05, 3.63) is 89.6 Å². The molecule has 1 aliphatic heterocycles. The van der Waals surface area contributed by atoms with Crippen LogP contribution in [0.3, 0.4) is 0 Å². The summed E-state index contributed by atoms with van der Waals surface area (Å²) in [4.78, 5) is 23.1. The Morgan fingerprint density at radius 1 is 1.15 bits per heavy atom. The van der Waals surface area contributed by atoms with Gasteiger partial charge >= 0.3 is 5.97 Å². The number of nitrogens with zero attached hydrogens (tertiary/aromatic N) is 3. The van der Waals surface area contributed by atoms with Crippen LogP contribution in [0.1, 0.15) is 22.9 Å². The Kier molecular flexibility index (Phi) is 6.13. The minimum Gasteiger partial charge on any atom is -0.481 e. The van der Waals surface area contributed by atoms with Crippen LogP contribution in [0.25, 0.3) is 22.0 Å². The standard InChI is InChI=1S/C27H27FN4O2/c1-31-9-10-32(26(17-31)20-3-2-8-29-15-20)16-22-12-18(4-6-24(22)28)19-5-7-25-21(11-19)13-23(30-25)14-27(33)34/h2-8,11-13,15,26,30H,9-10,14,16-17H2,1H3,(H,33,34). The molecule has 34 heavy (non-hydrogen) atoms. The molecule has 3 heterocycles. The maximum Gasteiger partial charge on any atom is 0.309 e. The average Bonchev–Trinajstić information content (AvgIpc) is 3.23. The van der Waals surface area contributed by atoms with Crippen LogP contribution < -0.4 is 0 Å². The molecule has 0 bridgehead atoms. The Morgan fingerprint density at radius 2 is 1.97 bits per heavy atom. The van der Waals surface area contributed by atoms with Crippen molar-refractivity contribution in [1.29, 1.82) is 0 Å². The molecular formula is C27H27FN4O2. The highest BCUT2D eigenvalue weighted by Crippen LogP contribution is 2.30. The molecule has 0 spiro atoms. The highest BCUT2D eigenvalue weighted by molar-refractivity contribution is 5.87. The van der Waals surface area contributed by atoms with E-state index < -0.39 is 5.97 Å². The van der Waals surface area contributed by atoms with E-state index in [1.165, 1.54) is 6.07 Å². The van der Waals surface area contributed by atoms with Gasteiger partial charge in [0, 0.05) is 66.8 Å². The number of carboxylic acid groups (broad SMARTS) is 1. The third-order valence-corrected chi connectivity index (χ3v) is 6.53. The first-order valence-corrected chi connectivity index (χ1v) is 11.4. The molecule has 1 atom stereocenters. The first-order chi connectivity index (χ1) is 16.5. The number of rotatable bonds is 6. The molecule has 0 aliphatic carbocycles. The molecule has 2 aromatic heterocycles. The maximum absolute atomic E-state index is 14.9. The summed E-state index contributed by atoms with van der Waals surface area (Å²) >= 11 is 0. The van der Waals surface area contributed by atoms with Gasteiger partial charge in [0.25, 0.3) is 0 Å². The molecule has 0 saturated carbocycles. The second-order valence-electron chi connectivity index (χ2n) is 9.01. The summed E-state index contributed by atoms with van der Waals surface area (Å²) in [5.74, 6) is -1.08. The first-order valence-electron chi connectivity index (χ1n) is 11.4. The fraction of sp³-hybridized carbons (Fsp3) is 0.259. The zero-order valence-electron chi connectivity index (χ0n) is 19.0. The van der Waals surface area contributed by atoms with Gasteiger partial charge < -0.3 is 15.0 Å². The van der Waals surface area contributed by atoms with Crippen molar-refractivity contribution in [2.24, 2.45) is 0 Å². The minimum atomic E-state index is -0.872. The van der Waals surface area contributed by atoms with E-state index in [0.717, 1.165) is 47.2 Å². The van der Waals surface area contributed by atoms with Gasteiger partial charge in [-0.1, -0.05) is 18.2 Å². The fourth-order valence-electron chi connectivity index (χ4n) is 4.76. The van der Waals surface area contributed by atoms with Gasteiger partial charge in [-0.2, -0.15) is 0 Å². The fourth-order valence-corrected chi connectivity index (χ4v) is 4.76. The third-order valence-electron chi connectivity index (χ3n) is 6.53. The van der Waals surface area contributed by atoms with Gasteiger partial charge in [0.2, 0.25) is 0 Å². The van der Waals surface area contributed by atoms with Crippen molar-refractivity contribution in [2.45, 2.75) is 19.0 Å². The third kappa shape index (κ3) is 4.71. The molecule has 0 radical (unpaired) electrons. The number of halogens is 1. The molecule has 6 nitrogen and oxygen atoms in total. The smallest absolute Gasteiger partial charge is 0.309 e. The van der Waals surface area contributed by atoms with E-state index in [1.807, 2.05) is 42.6 Å². The number of pyridine rings is 1. The van der Waals surface area contributed by atoms with Crippen LogP contribution in [0, 0.1) is 5.82 Å². The van der Waals surface area contributed by atoms with E-state index in [4.69, 9.17) is 5.11 Å². The predicted octanol–water partition coefficient (Wildman–Crippen LogP) is 4.48. The Labute approximate surface area is 197 Å². The van der Waals surface area contributed by atoms with Crippen LogP contribution in [-0.2, 0) is 17.8 Å². The van der Waals surface area contributed by atoms with E-state index >= 15 is 0 Å². The van der Waals surface area contributed by atoms with Crippen molar-refractivity contribution < 1.29 is 14.3 Å². The van der Waals surface area contributed by atoms with Crippen LogP contribution in [0.15, 0.2) is 67.0 Å². The van der Waals surface area contributed by atoms with Crippen LogP contribution in [0.4, 0.5) is 4.39 Å². The van der Waals surface area contributed by atoms with E-state index in [0.29, 0.717) is 17.8 Å². The number of H-pyrrole nitrogens is 1. The molecular weight excluding hydrogens is 431 g/mol. The van der Waals surface area contributed by atoms with E-state index in [9.17, 15) is 9.18 Å². The Bertz CT molecular complexity index is 1320. The maximum atomic E-state index is 14.9. The van der Waals surface area contributed by atoms with Gasteiger partial charge in [0.15, 0.2) is 0 Å². The number of hydrogen-bond donors (Lipinski definition) is 2. The molecule has 1 unspecified atom stereocenters. The number of aromatic amines is 1. The van der Waals surface area contributed by atoms with Gasteiger partial charge in [-0.25, -0.2) is 4.39 Å². The molecule has 2 aromatic carbocycles. The molecule has 1 saturated heterocycles. The molecule has 4 aromatic rings. The van der Waals surface area contributed by atoms with E-state index in [-0.39, 0.29) is 18.3 Å². The lowest BCUT2D eigenvalue weighted by atomic mass is 9.99. The van der Waals surface area contributed by atoms with Crippen LogP contribution in [0.5, 0.6) is 0 Å². The molecule has 1 fully saturated rings. The number of hydrogen-bond acceptors (Lipinski definition) is 4.